The van der Waals surface area contributed by atoms with Crippen LogP contribution in [-0.4, -0.2) is 39.1 Å². The van der Waals surface area contributed by atoms with Crippen molar-refractivity contribution in [2.75, 3.05) is 6.61 Å². The highest BCUT2D eigenvalue weighted by molar-refractivity contribution is 5.89. The number of aliphatic hydroxyl groups excluding tert-OH is 3. The number of halogens is 1. The minimum atomic E-state index is -1.57. The van der Waals surface area contributed by atoms with Gasteiger partial charge in [0.05, 0.1) is 12.2 Å². The SMILES string of the molecule is O=C(O)c1cc(F)ccc1C(O)C(O)CO. The van der Waals surface area contributed by atoms with Crippen LogP contribution in [-0.2, 0) is 0 Å². The summed E-state index contributed by atoms with van der Waals surface area (Å²) < 4.78 is 12.8. The third-order valence-corrected chi connectivity index (χ3v) is 2.12. The molecule has 0 saturated heterocycles. The number of hydrogen-bond acceptors (Lipinski definition) is 4. The van der Waals surface area contributed by atoms with E-state index in [1.54, 1.807) is 0 Å². The van der Waals surface area contributed by atoms with E-state index >= 15 is 0 Å². The maximum atomic E-state index is 12.8. The fourth-order valence-corrected chi connectivity index (χ4v) is 1.28. The van der Waals surface area contributed by atoms with Gasteiger partial charge in [-0.2, -0.15) is 0 Å². The Morgan fingerprint density at radius 3 is 2.50 bits per heavy atom. The summed E-state index contributed by atoms with van der Waals surface area (Å²) in [4.78, 5) is 10.8. The molecule has 1 aromatic rings. The number of aromatic carboxylic acids is 1. The Labute approximate surface area is 90.4 Å². The van der Waals surface area contributed by atoms with Gasteiger partial charge in [-0.1, -0.05) is 6.07 Å². The number of benzene rings is 1. The summed E-state index contributed by atoms with van der Waals surface area (Å²) in [6.45, 7) is -0.725. The molecule has 0 spiro atoms. The van der Waals surface area contributed by atoms with Gasteiger partial charge >= 0.3 is 5.97 Å². The van der Waals surface area contributed by atoms with Crippen LogP contribution >= 0.6 is 0 Å². The molecule has 16 heavy (non-hydrogen) atoms. The standard InChI is InChI=1S/C10H11FO5/c11-5-1-2-6(7(3-5)10(15)16)9(14)8(13)4-12/h1-3,8-9,12-14H,4H2,(H,15,16). The van der Waals surface area contributed by atoms with Gasteiger partial charge in [-0.05, 0) is 17.7 Å². The number of carboxylic acids is 1. The lowest BCUT2D eigenvalue weighted by atomic mass is 9.99. The van der Waals surface area contributed by atoms with Gasteiger partial charge < -0.3 is 20.4 Å². The number of hydrogen-bond donors (Lipinski definition) is 4. The molecule has 6 heteroatoms. The van der Waals surface area contributed by atoms with E-state index in [0.717, 1.165) is 18.2 Å². The van der Waals surface area contributed by atoms with E-state index in [2.05, 4.69) is 0 Å². The fraction of sp³-hybridized carbons (Fsp3) is 0.300. The average molecular weight is 230 g/mol. The van der Waals surface area contributed by atoms with Gasteiger partial charge in [-0.15, -0.1) is 0 Å². The van der Waals surface area contributed by atoms with E-state index in [4.69, 9.17) is 15.3 Å². The molecule has 0 heterocycles. The van der Waals surface area contributed by atoms with Crippen molar-refractivity contribution < 1.29 is 29.6 Å². The summed E-state index contributed by atoms with van der Waals surface area (Å²) in [6, 6.07) is 2.77. The first-order chi connectivity index (χ1) is 7.47. The molecular formula is C10H11FO5. The summed E-state index contributed by atoms with van der Waals surface area (Å²) in [5, 5.41) is 36.1. The number of aliphatic hydroxyl groups is 3. The van der Waals surface area contributed by atoms with Crippen molar-refractivity contribution in [1.29, 1.82) is 0 Å². The van der Waals surface area contributed by atoms with Crippen LogP contribution in [0.2, 0.25) is 0 Å². The summed E-state index contributed by atoms with van der Waals surface area (Å²) in [7, 11) is 0. The maximum absolute atomic E-state index is 12.8. The summed E-state index contributed by atoms with van der Waals surface area (Å²) in [6.07, 6.45) is -3.08. The smallest absolute Gasteiger partial charge is 0.336 e. The first-order valence-electron chi connectivity index (χ1n) is 4.47. The van der Waals surface area contributed by atoms with Gasteiger partial charge in [0, 0.05) is 0 Å². The van der Waals surface area contributed by atoms with Crippen molar-refractivity contribution in [2.45, 2.75) is 12.2 Å². The zero-order chi connectivity index (χ0) is 12.3. The van der Waals surface area contributed by atoms with Crippen LogP contribution < -0.4 is 0 Å². The average Bonchev–Trinajstić information content (AvgIpc) is 2.26. The van der Waals surface area contributed by atoms with Gasteiger partial charge in [-0.25, -0.2) is 9.18 Å². The predicted octanol–water partition coefficient (Wildman–Crippen LogP) is -0.0895. The van der Waals surface area contributed by atoms with Crippen molar-refractivity contribution in [1.82, 2.24) is 0 Å². The van der Waals surface area contributed by atoms with Crippen LogP contribution in [0, 0.1) is 5.82 Å². The molecule has 0 saturated carbocycles. The normalized spacial score (nSPS) is 14.5. The molecule has 5 nitrogen and oxygen atoms in total. The van der Waals surface area contributed by atoms with Crippen LogP contribution in [0.25, 0.3) is 0 Å². The lowest BCUT2D eigenvalue weighted by Crippen LogP contribution is -2.24. The van der Waals surface area contributed by atoms with E-state index in [1.807, 2.05) is 0 Å². The number of rotatable bonds is 4. The predicted molar refractivity (Wildman–Crippen MR) is 51.4 cm³/mol. The summed E-state index contributed by atoms with van der Waals surface area (Å²) in [5.74, 6) is -2.18. The molecule has 4 N–H and O–H groups in total. The molecule has 1 rings (SSSR count). The van der Waals surface area contributed by atoms with Crippen LogP contribution in [0.5, 0.6) is 0 Å². The van der Waals surface area contributed by atoms with Crippen molar-refractivity contribution in [3.8, 4) is 0 Å². The Bertz CT molecular complexity index is 393. The molecule has 0 aliphatic rings. The van der Waals surface area contributed by atoms with Crippen LogP contribution in [0.3, 0.4) is 0 Å². The van der Waals surface area contributed by atoms with Crippen molar-refractivity contribution in [3.05, 3.63) is 35.1 Å². The Balaban J connectivity index is 3.17. The molecule has 2 unspecified atom stereocenters. The molecule has 0 fully saturated rings. The second-order valence-corrected chi connectivity index (χ2v) is 3.23. The van der Waals surface area contributed by atoms with E-state index in [-0.39, 0.29) is 5.56 Å². The third kappa shape index (κ3) is 2.54. The molecule has 88 valence electrons. The minimum absolute atomic E-state index is 0.143. The van der Waals surface area contributed by atoms with Gasteiger partial charge in [-0.3, -0.25) is 0 Å². The highest BCUT2D eigenvalue weighted by Gasteiger charge is 2.23. The Kier molecular flexibility index (Phi) is 3.94. The minimum Gasteiger partial charge on any atom is -0.478 e. The topological polar surface area (TPSA) is 98.0 Å². The molecule has 0 radical (unpaired) electrons. The Morgan fingerprint density at radius 2 is 2.00 bits per heavy atom. The van der Waals surface area contributed by atoms with Crippen molar-refractivity contribution in [2.24, 2.45) is 0 Å². The molecule has 0 aliphatic heterocycles. The third-order valence-electron chi connectivity index (χ3n) is 2.12. The summed E-state index contributed by atoms with van der Waals surface area (Å²) in [5.41, 5.74) is -0.588. The van der Waals surface area contributed by atoms with E-state index in [0.29, 0.717) is 0 Å². The molecule has 0 aliphatic carbocycles. The van der Waals surface area contributed by atoms with Gasteiger partial charge in [0.25, 0.3) is 0 Å². The Hall–Kier alpha value is -1.50. The second-order valence-electron chi connectivity index (χ2n) is 3.23. The molecule has 0 bridgehead atoms. The van der Waals surface area contributed by atoms with Gasteiger partial charge in [0.1, 0.15) is 18.0 Å². The summed E-state index contributed by atoms with van der Waals surface area (Å²) >= 11 is 0. The lowest BCUT2D eigenvalue weighted by Gasteiger charge is -2.17. The van der Waals surface area contributed by atoms with Crippen LogP contribution in [0.1, 0.15) is 22.0 Å². The molecular weight excluding hydrogens is 219 g/mol. The van der Waals surface area contributed by atoms with Gasteiger partial charge in [0.2, 0.25) is 0 Å². The lowest BCUT2D eigenvalue weighted by molar-refractivity contribution is -0.0158. The number of carbonyl (C=O) groups is 1. The Morgan fingerprint density at radius 1 is 1.38 bits per heavy atom. The monoisotopic (exact) mass is 230 g/mol. The van der Waals surface area contributed by atoms with E-state index in [9.17, 15) is 14.3 Å². The van der Waals surface area contributed by atoms with Crippen LogP contribution in [0.15, 0.2) is 18.2 Å². The molecule has 2 atom stereocenters. The molecule has 1 aromatic carbocycles. The zero-order valence-electron chi connectivity index (χ0n) is 8.17. The van der Waals surface area contributed by atoms with Gasteiger partial charge in [0.15, 0.2) is 0 Å². The first kappa shape index (κ1) is 12.6. The molecule has 0 aromatic heterocycles. The zero-order valence-corrected chi connectivity index (χ0v) is 8.17. The highest BCUT2D eigenvalue weighted by atomic mass is 19.1. The quantitative estimate of drug-likeness (QED) is 0.579. The van der Waals surface area contributed by atoms with Crippen LogP contribution in [0.4, 0.5) is 4.39 Å². The van der Waals surface area contributed by atoms with E-state index in [1.165, 1.54) is 0 Å². The number of carboxylic acid groups (broad SMARTS) is 1. The molecule has 0 amide bonds. The van der Waals surface area contributed by atoms with Crippen molar-refractivity contribution in [3.63, 3.8) is 0 Å². The van der Waals surface area contributed by atoms with Crippen molar-refractivity contribution >= 4 is 5.97 Å². The fourth-order valence-electron chi connectivity index (χ4n) is 1.28. The van der Waals surface area contributed by atoms with E-state index < -0.39 is 36.2 Å². The largest absolute Gasteiger partial charge is 0.478 e. The maximum Gasteiger partial charge on any atom is 0.336 e. The second kappa shape index (κ2) is 5.02. The highest BCUT2D eigenvalue weighted by Crippen LogP contribution is 2.22. The first-order valence-corrected chi connectivity index (χ1v) is 4.47.